The Balaban J connectivity index is 1.08. The number of hydrogen-bond acceptors (Lipinski definition) is 2. The number of ether oxygens (including phenoxy) is 2. The lowest BCUT2D eigenvalue weighted by Crippen LogP contribution is -2.32. The van der Waals surface area contributed by atoms with E-state index in [1.165, 1.54) is 82.6 Å². The molecule has 174 valence electrons. The second-order valence-corrected chi connectivity index (χ2v) is 10.4. The first-order chi connectivity index (χ1) is 16.3. The van der Waals surface area contributed by atoms with Crippen molar-refractivity contribution in [1.29, 1.82) is 0 Å². The summed E-state index contributed by atoms with van der Waals surface area (Å²) in [6, 6.07) is 17.0. The molecule has 2 aromatic rings. The Bertz CT molecular complexity index is 928. The number of rotatable bonds is 5. The molecule has 3 unspecified atom stereocenters. The highest BCUT2D eigenvalue weighted by molar-refractivity contribution is 5.45. The van der Waals surface area contributed by atoms with Crippen molar-refractivity contribution in [1.82, 2.24) is 0 Å². The average molecular weight is 443 g/mol. The van der Waals surface area contributed by atoms with Crippen LogP contribution in [-0.2, 0) is 4.74 Å². The van der Waals surface area contributed by atoms with E-state index in [0.717, 1.165) is 34.6 Å². The first-order valence-electron chi connectivity index (χ1n) is 13.3. The van der Waals surface area contributed by atoms with Crippen LogP contribution in [0.3, 0.4) is 0 Å². The molecule has 0 aromatic heterocycles. The van der Waals surface area contributed by atoms with Crippen molar-refractivity contribution in [2.24, 2.45) is 11.8 Å². The highest BCUT2D eigenvalue weighted by Crippen LogP contribution is 2.41. The summed E-state index contributed by atoms with van der Waals surface area (Å²) in [7, 11) is 0. The molecule has 0 saturated heterocycles. The molecule has 33 heavy (non-hydrogen) atoms. The van der Waals surface area contributed by atoms with Gasteiger partial charge < -0.3 is 9.47 Å². The zero-order valence-corrected chi connectivity index (χ0v) is 19.9. The summed E-state index contributed by atoms with van der Waals surface area (Å²) in [6.45, 7) is 0.348. The van der Waals surface area contributed by atoms with Gasteiger partial charge in [-0.15, -0.1) is 0 Å². The van der Waals surface area contributed by atoms with E-state index in [0.29, 0.717) is 12.9 Å². The van der Waals surface area contributed by atoms with Gasteiger partial charge in [0.1, 0.15) is 5.75 Å². The minimum Gasteiger partial charge on any atom is -0.468 e. The van der Waals surface area contributed by atoms with Gasteiger partial charge in [0.05, 0.1) is 6.10 Å². The maximum absolute atomic E-state index is 6.07. The van der Waals surface area contributed by atoms with Crippen molar-refractivity contribution in [2.45, 2.75) is 89.1 Å². The van der Waals surface area contributed by atoms with Crippen molar-refractivity contribution in [3.8, 4) is 17.6 Å². The van der Waals surface area contributed by atoms with Crippen LogP contribution in [0, 0.1) is 23.7 Å². The largest absolute Gasteiger partial charge is 0.468 e. The second kappa shape index (κ2) is 11.3. The van der Waals surface area contributed by atoms with Crippen molar-refractivity contribution >= 4 is 0 Å². The van der Waals surface area contributed by atoms with Gasteiger partial charge in [0.15, 0.2) is 6.79 Å². The maximum atomic E-state index is 6.07. The summed E-state index contributed by atoms with van der Waals surface area (Å²) in [6.07, 6.45) is 16.6. The fourth-order valence-corrected chi connectivity index (χ4v) is 6.23. The van der Waals surface area contributed by atoms with Crippen LogP contribution in [-0.4, -0.2) is 12.9 Å². The van der Waals surface area contributed by atoms with E-state index in [1.807, 2.05) is 24.3 Å². The Labute approximate surface area is 200 Å². The lowest BCUT2D eigenvalue weighted by Gasteiger charge is -2.39. The maximum Gasteiger partial charge on any atom is 0.189 e. The van der Waals surface area contributed by atoms with Crippen LogP contribution in [0.4, 0.5) is 0 Å². The van der Waals surface area contributed by atoms with Crippen molar-refractivity contribution < 1.29 is 9.47 Å². The fraction of sp³-hybridized carbons (Fsp3) is 0.548. The molecule has 2 aromatic carbocycles. The van der Waals surface area contributed by atoms with Gasteiger partial charge in [-0.3, -0.25) is 0 Å². The van der Waals surface area contributed by atoms with Crippen LogP contribution in [0.5, 0.6) is 5.75 Å². The van der Waals surface area contributed by atoms with E-state index in [2.05, 4.69) is 36.1 Å². The van der Waals surface area contributed by atoms with Crippen molar-refractivity contribution in [2.75, 3.05) is 6.79 Å². The van der Waals surface area contributed by atoms with Gasteiger partial charge in [-0.1, -0.05) is 68.9 Å². The zero-order valence-electron chi connectivity index (χ0n) is 19.9. The van der Waals surface area contributed by atoms with Gasteiger partial charge in [-0.2, -0.15) is 0 Å². The molecule has 0 aliphatic heterocycles. The quantitative estimate of drug-likeness (QED) is 0.347. The molecule has 0 heterocycles. The van der Waals surface area contributed by atoms with Crippen LogP contribution in [0.25, 0.3) is 0 Å². The minimum absolute atomic E-state index is 0.348. The Morgan fingerprint density at radius 2 is 1.27 bits per heavy atom. The summed E-state index contributed by atoms with van der Waals surface area (Å²) >= 11 is 0. The summed E-state index contributed by atoms with van der Waals surface area (Å²) in [5.41, 5.74) is 3.57. The first-order valence-corrected chi connectivity index (χ1v) is 13.3. The molecule has 0 radical (unpaired) electrons. The van der Waals surface area contributed by atoms with Crippen molar-refractivity contribution in [3.63, 3.8) is 0 Å². The Hall–Kier alpha value is -2.24. The summed E-state index contributed by atoms with van der Waals surface area (Å²) in [5.74, 6) is 10.0. The molecular formula is C31H38O2. The van der Waals surface area contributed by atoms with Gasteiger partial charge in [0.2, 0.25) is 0 Å². The van der Waals surface area contributed by atoms with E-state index < -0.39 is 0 Å². The van der Waals surface area contributed by atoms with Gasteiger partial charge >= 0.3 is 0 Å². The minimum atomic E-state index is 0.348. The van der Waals surface area contributed by atoms with E-state index in [9.17, 15) is 0 Å². The number of benzene rings is 2. The monoisotopic (exact) mass is 442 g/mol. The third kappa shape index (κ3) is 6.21. The number of fused-ring (bicyclic) bond motifs is 1. The van der Waals surface area contributed by atoms with Gasteiger partial charge in [0, 0.05) is 11.1 Å². The molecule has 3 fully saturated rings. The predicted molar refractivity (Wildman–Crippen MR) is 134 cm³/mol. The van der Waals surface area contributed by atoms with E-state index >= 15 is 0 Å². The lowest BCUT2D eigenvalue weighted by atomic mass is 9.70. The Morgan fingerprint density at radius 3 is 2.00 bits per heavy atom. The fourth-order valence-electron chi connectivity index (χ4n) is 6.23. The molecule has 2 nitrogen and oxygen atoms in total. The average Bonchev–Trinajstić information content (AvgIpc) is 2.89. The zero-order chi connectivity index (χ0) is 22.3. The smallest absolute Gasteiger partial charge is 0.189 e. The van der Waals surface area contributed by atoms with E-state index in [-0.39, 0.29) is 0 Å². The van der Waals surface area contributed by atoms with Gasteiger partial charge in [-0.25, -0.2) is 0 Å². The van der Waals surface area contributed by atoms with Gasteiger partial charge in [-0.05, 0) is 91.8 Å². The third-order valence-corrected chi connectivity index (χ3v) is 8.21. The lowest BCUT2D eigenvalue weighted by molar-refractivity contribution is -0.0708. The molecule has 3 saturated carbocycles. The molecular weight excluding hydrogens is 404 g/mol. The number of hydrogen-bond donors (Lipinski definition) is 0. The van der Waals surface area contributed by atoms with Crippen LogP contribution in [0.1, 0.15) is 99.7 Å². The molecule has 3 aliphatic carbocycles. The molecule has 0 amide bonds. The second-order valence-electron chi connectivity index (χ2n) is 10.4. The predicted octanol–water partition coefficient (Wildman–Crippen LogP) is 7.85. The van der Waals surface area contributed by atoms with Crippen LogP contribution in [0.15, 0.2) is 48.5 Å². The molecule has 5 rings (SSSR count). The standard InChI is InChI=1S/C31H38O2/c1-2-6-26(7-3-1)28-16-12-24(13-17-28)10-11-25-14-19-30(20-15-25)32-23-33-31-21-18-27-8-4-5-9-29(27)22-31/h12-17,19-20,26-27,29,31H,1-9,18,21-23H2. The van der Waals surface area contributed by atoms with E-state index in [4.69, 9.17) is 9.47 Å². The molecule has 3 atom stereocenters. The SMILES string of the molecule is C(#Cc1ccc(C2CCCCC2)cc1)c1ccc(OCOC2CCC3CCCCC3C2)cc1. The highest BCUT2D eigenvalue weighted by Gasteiger charge is 2.32. The van der Waals surface area contributed by atoms with Crippen LogP contribution < -0.4 is 4.74 Å². The summed E-state index contributed by atoms with van der Waals surface area (Å²) in [5, 5.41) is 0. The normalized spacial score (nSPS) is 25.5. The highest BCUT2D eigenvalue weighted by atomic mass is 16.7. The van der Waals surface area contributed by atoms with E-state index in [1.54, 1.807) is 0 Å². The molecule has 0 N–H and O–H groups in total. The Kier molecular flexibility index (Phi) is 7.69. The van der Waals surface area contributed by atoms with Gasteiger partial charge in [0.25, 0.3) is 0 Å². The molecule has 3 aliphatic rings. The van der Waals surface area contributed by atoms with Crippen molar-refractivity contribution in [3.05, 3.63) is 65.2 Å². The third-order valence-electron chi connectivity index (χ3n) is 8.21. The molecule has 0 bridgehead atoms. The Morgan fingerprint density at radius 1 is 0.636 bits per heavy atom. The first kappa shape index (κ1) is 22.5. The van der Waals surface area contributed by atoms with Crippen LogP contribution in [0.2, 0.25) is 0 Å². The molecule has 2 heteroatoms. The van der Waals surface area contributed by atoms with Crippen LogP contribution >= 0.6 is 0 Å². The topological polar surface area (TPSA) is 18.5 Å². The summed E-state index contributed by atoms with van der Waals surface area (Å²) < 4.78 is 11.9. The molecule has 0 spiro atoms. The summed E-state index contributed by atoms with van der Waals surface area (Å²) in [4.78, 5) is 0.